The topological polar surface area (TPSA) is 69.7 Å². The third-order valence-corrected chi connectivity index (χ3v) is 1.94. The molecule has 1 aromatic heterocycles. The molecule has 6 nitrogen and oxygen atoms in total. The quantitative estimate of drug-likeness (QED) is 0.925. The maximum Gasteiger partial charge on any atom is 0.413 e. The average Bonchev–Trinajstić information content (AvgIpc) is 2.29. The third-order valence-electron chi connectivity index (χ3n) is 1.94. The normalized spacial score (nSPS) is 11.2. The Bertz CT molecular complexity index is 518. The van der Waals surface area contributed by atoms with Gasteiger partial charge in [-0.25, -0.2) is 9.18 Å². The van der Waals surface area contributed by atoms with Crippen molar-refractivity contribution in [1.29, 1.82) is 0 Å². The lowest BCUT2D eigenvalue weighted by atomic mass is 10.2. The lowest BCUT2D eigenvalue weighted by molar-refractivity contribution is -0.0517. The minimum atomic E-state index is -3.16. The van der Waals surface area contributed by atoms with Crippen LogP contribution >= 0.6 is 0 Å². The Hall–Kier alpha value is -2.19. The van der Waals surface area contributed by atoms with Crippen molar-refractivity contribution >= 4 is 11.9 Å². The molecule has 21 heavy (non-hydrogen) atoms. The van der Waals surface area contributed by atoms with Gasteiger partial charge in [-0.05, 0) is 20.8 Å². The van der Waals surface area contributed by atoms with E-state index in [-0.39, 0.29) is 0 Å². The van der Waals surface area contributed by atoms with Crippen LogP contribution in [0.3, 0.4) is 0 Å². The van der Waals surface area contributed by atoms with E-state index in [9.17, 15) is 18.0 Å². The van der Waals surface area contributed by atoms with E-state index in [2.05, 4.69) is 15.0 Å². The second-order valence-electron chi connectivity index (χ2n) is 4.83. The van der Waals surface area contributed by atoms with Crippen LogP contribution in [0.25, 0.3) is 0 Å². The number of anilines is 1. The summed E-state index contributed by atoms with van der Waals surface area (Å²) in [5, 5.41) is 2.05. The van der Waals surface area contributed by atoms with Crippen LogP contribution in [0.2, 0.25) is 0 Å². The summed E-state index contributed by atoms with van der Waals surface area (Å²) >= 11 is 0. The first-order chi connectivity index (χ1) is 9.62. The van der Waals surface area contributed by atoms with Gasteiger partial charge in [-0.15, -0.1) is 0 Å². The van der Waals surface area contributed by atoms with Crippen molar-refractivity contribution in [1.82, 2.24) is 4.98 Å². The number of nitrogens with zero attached hydrogens (tertiary/aromatic N) is 1. The van der Waals surface area contributed by atoms with Gasteiger partial charge in [0.25, 0.3) is 5.88 Å². The van der Waals surface area contributed by atoms with E-state index in [1.54, 1.807) is 20.8 Å². The number of amides is 1. The molecule has 0 bridgehead atoms. The van der Waals surface area contributed by atoms with Crippen LogP contribution in [-0.4, -0.2) is 30.4 Å². The molecule has 0 aromatic carbocycles. The number of rotatable bonds is 4. The predicted octanol–water partition coefficient (Wildman–Crippen LogP) is 3.18. The molecule has 1 heterocycles. The molecule has 1 aromatic rings. The lowest BCUT2D eigenvalue weighted by Gasteiger charge is -2.19. The number of pyridine rings is 1. The van der Waals surface area contributed by atoms with Crippen LogP contribution in [0.4, 0.5) is 23.8 Å². The van der Waals surface area contributed by atoms with Gasteiger partial charge in [-0.3, -0.25) is 5.32 Å². The van der Waals surface area contributed by atoms with Gasteiger partial charge in [0.15, 0.2) is 17.4 Å². The van der Waals surface area contributed by atoms with Crippen molar-refractivity contribution in [3.05, 3.63) is 11.9 Å². The number of alkyl halides is 2. The minimum absolute atomic E-state index is 0.400. The molecule has 9 heteroatoms. The summed E-state index contributed by atoms with van der Waals surface area (Å²) in [4.78, 5) is 15.1. The number of hydrogen-bond donors (Lipinski definition) is 1. The number of methoxy groups -OCH3 is 1. The van der Waals surface area contributed by atoms with Crippen molar-refractivity contribution in [3.63, 3.8) is 0 Å². The Morgan fingerprint density at radius 2 is 2.00 bits per heavy atom. The summed E-state index contributed by atoms with van der Waals surface area (Å²) in [5.41, 5.74) is -0.788. The van der Waals surface area contributed by atoms with E-state index < -0.39 is 41.6 Å². The first kappa shape index (κ1) is 16.9. The molecule has 0 spiro atoms. The number of carbonyl (C=O) groups excluding carboxylic acids is 1. The van der Waals surface area contributed by atoms with Gasteiger partial charge in [0.1, 0.15) is 5.60 Å². The fourth-order valence-electron chi connectivity index (χ4n) is 1.27. The van der Waals surface area contributed by atoms with E-state index in [0.29, 0.717) is 6.07 Å². The van der Waals surface area contributed by atoms with Crippen molar-refractivity contribution in [2.45, 2.75) is 33.0 Å². The van der Waals surface area contributed by atoms with Gasteiger partial charge < -0.3 is 14.2 Å². The van der Waals surface area contributed by atoms with Crippen LogP contribution < -0.4 is 14.8 Å². The predicted molar refractivity (Wildman–Crippen MR) is 67.2 cm³/mol. The average molecular weight is 308 g/mol. The highest BCUT2D eigenvalue weighted by Gasteiger charge is 2.21. The first-order valence-electron chi connectivity index (χ1n) is 5.81. The largest absolute Gasteiger partial charge is 0.478 e. The Balaban J connectivity index is 2.96. The summed E-state index contributed by atoms with van der Waals surface area (Å²) in [6.45, 7) is 1.70. The molecule has 0 unspecified atom stereocenters. The summed E-state index contributed by atoms with van der Waals surface area (Å²) in [7, 11) is 1.13. The van der Waals surface area contributed by atoms with Crippen LogP contribution in [-0.2, 0) is 4.74 Å². The Kier molecular flexibility index (Phi) is 5.23. The second kappa shape index (κ2) is 6.51. The number of aromatic nitrogens is 1. The van der Waals surface area contributed by atoms with Gasteiger partial charge in [0.2, 0.25) is 0 Å². The van der Waals surface area contributed by atoms with E-state index >= 15 is 0 Å². The standard InChI is InChI=1S/C12H15F3N2O4/c1-12(2,3)21-11(18)17-8-6(13)5-7(20-10(14)15)9(16-8)19-4/h5,10H,1-4H3,(H,16,17,18). The monoisotopic (exact) mass is 308 g/mol. The Morgan fingerprint density at radius 1 is 1.38 bits per heavy atom. The molecule has 1 rings (SSSR count). The number of nitrogens with one attached hydrogen (secondary N) is 1. The molecule has 0 aliphatic carbocycles. The lowest BCUT2D eigenvalue weighted by Crippen LogP contribution is -2.27. The fraction of sp³-hybridized carbons (Fsp3) is 0.500. The highest BCUT2D eigenvalue weighted by atomic mass is 19.3. The molecule has 0 radical (unpaired) electrons. The molecule has 0 saturated heterocycles. The molecule has 0 aliphatic rings. The number of carbonyl (C=O) groups is 1. The highest BCUT2D eigenvalue weighted by Crippen LogP contribution is 2.30. The van der Waals surface area contributed by atoms with Gasteiger partial charge in [-0.2, -0.15) is 13.8 Å². The number of ether oxygens (including phenoxy) is 3. The Morgan fingerprint density at radius 3 is 2.48 bits per heavy atom. The molecular formula is C12H15F3N2O4. The molecule has 118 valence electrons. The highest BCUT2D eigenvalue weighted by molar-refractivity contribution is 5.84. The Labute approximate surface area is 119 Å². The van der Waals surface area contributed by atoms with E-state index in [1.807, 2.05) is 0 Å². The maximum absolute atomic E-state index is 13.7. The molecule has 0 fully saturated rings. The summed E-state index contributed by atoms with van der Waals surface area (Å²) in [6.07, 6.45) is -0.946. The fourth-order valence-corrected chi connectivity index (χ4v) is 1.27. The zero-order valence-corrected chi connectivity index (χ0v) is 11.9. The molecular weight excluding hydrogens is 293 g/mol. The maximum atomic E-state index is 13.7. The van der Waals surface area contributed by atoms with Crippen molar-refractivity contribution in [3.8, 4) is 11.6 Å². The van der Waals surface area contributed by atoms with E-state index in [0.717, 1.165) is 7.11 Å². The SMILES string of the molecule is COc1nc(NC(=O)OC(C)(C)C)c(F)cc1OC(F)F. The van der Waals surface area contributed by atoms with Gasteiger partial charge in [-0.1, -0.05) is 0 Å². The van der Waals surface area contributed by atoms with Gasteiger partial charge in [0, 0.05) is 6.07 Å². The van der Waals surface area contributed by atoms with Crippen molar-refractivity contribution < 1.29 is 32.2 Å². The first-order valence-corrected chi connectivity index (χ1v) is 5.81. The van der Waals surface area contributed by atoms with Crippen LogP contribution in [0.1, 0.15) is 20.8 Å². The molecule has 1 amide bonds. The summed E-state index contributed by atoms with van der Waals surface area (Å²) in [6, 6.07) is 0.630. The third kappa shape index (κ3) is 5.36. The van der Waals surface area contributed by atoms with Gasteiger partial charge >= 0.3 is 12.7 Å². The zero-order valence-electron chi connectivity index (χ0n) is 11.9. The van der Waals surface area contributed by atoms with Crippen LogP contribution in [0, 0.1) is 5.82 Å². The molecule has 0 saturated carbocycles. The number of halogens is 3. The molecule has 0 aliphatic heterocycles. The molecule has 0 atom stereocenters. The van der Waals surface area contributed by atoms with E-state index in [4.69, 9.17) is 9.47 Å². The van der Waals surface area contributed by atoms with Crippen LogP contribution in [0.15, 0.2) is 6.07 Å². The van der Waals surface area contributed by atoms with Crippen molar-refractivity contribution in [2.75, 3.05) is 12.4 Å². The second-order valence-corrected chi connectivity index (χ2v) is 4.83. The van der Waals surface area contributed by atoms with Gasteiger partial charge in [0.05, 0.1) is 7.11 Å². The van der Waals surface area contributed by atoms with E-state index in [1.165, 1.54) is 0 Å². The minimum Gasteiger partial charge on any atom is -0.478 e. The summed E-state index contributed by atoms with van der Waals surface area (Å²) in [5.74, 6) is -2.58. The number of hydrogen-bond acceptors (Lipinski definition) is 5. The van der Waals surface area contributed by atoms with Crippen molar-refractivity contribution in [2.24, 2.45) is 0 Å². The zero-order chi connectivity index (χ0) is 16.2. The van der Waals surface area contributed by atoms with Crippen LogP contribution in [0.5, 0.6) is 11.6 Å². The summed E-state index contributed by atoms with van der Waals surface area (Å²) < 4.78 is 51.7. The smallest absolute Gasteiger partial charge is 0.413 e. The molecule has 1 N–H and O–H groups in total.